The summed E-state index contributed by atoms with van der Waals surface area (Å²) in [6.07, 6.45) is 1.62. The van der Waals surface area contributed by atoms with Crippen molar-refractivity contribution in [3.63, 3.8) is 0 Å². The zero-order valence-electron chi connectivity index (χ0n) is 7.72. The lowest BCUT2D eigenvalue weighted by atomic mass is 10.3. The van der Waals surface area contributed by atoms with Gasteiger partial charge in [0, 0.05) is 29.4 Å². The van der Waals surface area contributed by atoms with E-state index in [0.717, 1.165) is 0 Å². The van der Waals surface area contributed by atoms with E-state index in [9.17, 15) is 9.00 Å². The first-order valence-corrected chi connectivity index (χ1v) is 5.55. The van der Waals surface area contributed by atoms with E-state index >= 15 is 0 Å². The molecule has 0 spiro atoms. The van der Waals surface area contributed by atoms with Crippen LogP contribution in [-0.2, 0) is 15.6 Å². The standard InChI is InChI=1S/C7H16N2O2S/c1-6(8-2)7(10)9-4-5-12(3)11/h6,8H,4-5H2,1-3H3,(H,9,10). The van der Waals surface area contributed by atoms with Crippen LogP contribution >= 0.6 is 0 Å². The minimum Gasteiger partial charge on any atom is -0.354 e. The molecule has 0 saturated carbocycles. The molecule has 0 aromatic carbocycles. The molecule has 4 nitrogen and oxygen atoms in total. The highest BCUT2D eigenvalue weighted by Gasteiger charge is 2.08. The summed E-state index contributed by atoms with van der Waals surface area (Å²) in [7, 11) is 0.892. The van der Waals surface area contributed by atoms with Crippen LogP contribution in [0.5, 0.6) is 0 Å². The van der Waals surface area contributed by atoms with Gasteiger partial charge in [-0.15, -0.1) is 0 Å². The number of carbonyl (C=O) groups excluding carboxylic acids is 1. The Morgan fingerprint density at radius 1 is 1.58 bits per heavy atom. The lowest BCUT2D eigenvalue weighted by Crippen LogP contribution is -2.41. The summed E-state index contributed by atoms with van der Waals surface area (Å²) in [6.45, 7) is 2.26. The molecule has 0 saturated heterocycles. The van der Waals surface area contributed by atoms with Gasteiger partial charge in [0.25, 0.3) is 0 Å². The second kappa shape index (κ2) is 6.14. The average Bonchev–Trinajstić information content (AvgIpc) is 2.02. The summed E-state index contributed by atoms with van der Waals surface area (Å²) in [6, 6.07) is -0.185. The fraction of sp³-hybridized carbons (Fsp3) is 0.857. The van der Waals surface area contributed by atoms with Crippen LogP contribution in [0.25, 0.3) is 0 Å². The highest BCUT2D eigenvalue weighted by atomic mass is 32.2. The maximum atomic E-state index is 11.1. The van der Waals surface area contributed by atoms with Crippen LogP contribution < -0.4 is 10.6 Å². The van der Waals surface area contributed by atoms with E-state index in [1.54, 1.807) is 20.2 Å². The zero-order valence-corrected chi connectivity index (χ0v) is 8.53. The predicted octanol–water partition coefficient (Wildman–Crippen LogP) is -0.911. The Bertz CT molecular complexity index is 173. The molecule has 2 atom stereocenters. The summed E-state index contributed by atoms with van der Waals surface area (Å²) < 4.78 is 10.6. The van der Waals surface area contributed by atoms with E-state index in [4.69, 9.17) is 0 Å². The number of rotatable bonds is 5. The van der Waals surface area contributed by atoms with E-state index < -0.39 is 10.8 Å². The Kier molecular flexibility index (Phi) is 5.92. The van der Waals surface area contributed by atoms with Gasteiger partial charge >= 0.3 is 0 Å². The second-order valence-electron chi connectivity index (χ2n) is 2.58. The molecule has 72 valence electrons. The molecule has 0 aromatic heterocycles. The molecule has 0 heterocycles. The normalized spacial score (nSPS) is 15.2. The Morgan fingerprint density at radius 3 is 2.58 bits per heavy atom. The Labute approximate surface area is 75.6 Å². The van der Waals surface area contributed by atoms with Crippen molar-refractivity contribution in [3.05, 3.63) is 0 Å². The molecule has 1 amide bonds. The van der Waals surface area contributed by atoms with Gasteiger partial charge in [-0.05, 0) is 14.0 Å². The minimum absolute atomic E-state index is 0.0528. The smallest absolute Gasteiger partial charge is 0.236 e. The molecule has 0 fully saturated rings. The van der Waals surface area contributed by atoms with Gasteiger partial charge in [0.1, 0.15) is 0 Å². The number of amides is 1. The Balaban J connectivity index is 3.50. The molecule has 0 aliphatic rings. The SMILES string of the molecule is CNC(C)C(=O)NCCS(C)=O. The molecule has 0 aliphatic carbocycles. The zero-order chi connectivity index (χ0) is 9.56. The molecular formula is C7H16N2O2S. The van der Waals surface area contributed by atoms with Crippen molar-refractivity contribution in [2.75, 3.05) is 25.6 Å². The van der Waals surface area contributed by atoms with Gasteiger partial charge in [-0.25, -0.2) is 0 Å². The Hall–Kier alpha value is -0.420. The fourth-order valence-corrected chi connectivity index (χ4v) is 0.992. The van der Waals surface area contributed by atoms with Crippen molar-refractivity contribution in [3.8, 4) is 0 Å². The van der Waals surface area contributed by atoms with Crippen LogP contribution in [0.1, 0.15) is 6.92 Å². The van der Waals surface area contributed by atoms with E-state index in [1.807, 2.05) is 0 Å². The molecule has 0 aliphatic heterocycles. The first-order valence-electron chi connectivity index (χ1n) is 3.83. The maximum absolute atomic E-state index is 11.1. The molecule has 12 heavy (non-hydrogen) atoms. The molecule has 0 bridgehead atoms. The highest BCUT2D eigenvalue weighted by Crippen LogP contribution is 1.79. The Morgan fingerprint density at radius 2 is 2.17 bits per heavy atom. The van der Waals surface area contributed by atoms with E-state index in [0.29, 0.717) is 12.3 Å². The van der Waals surface area contributed by atoms with Gasteiger partial charge in [-0.3, -0.25) is 9.00 Å². The summed E-state index contributed by atoms with van der Waals surface area (Å²) in [5.74, 6) is 0.463. The third kappa shape index (κ3) is 5.26. The predicted molar refractivity (Wildman–Crippen MR) is 50.5 cm³/mol. The first-order chi connectivity index (χ1) is 5.57. The van der Waals surface area contributed by atoms with Crippen molar-refractivity contribution >= 4 is 16.7 Å². The van der Waals surface area contributed by atoms with Crippen molar-refractivity contribution in [2.45, 2.75) is 13.0 Å². The summed E-state index contributed by atoms with van der Waals surface area (Å²) in [4.78, 5) is 11.1. The van der Waals surface area contributed by atoms with E-state index in [-0.39, 0.29) is 11.9 Å². The van der Waals surface area contributed by atoms with Crippen molar-refractivity contribution in [2.24, 2.45) is 0 Å². The van der Waals surface area contributed by atoms with E-state index in [1.165, 1.54) is 0 Å². The molecule has 0 radical (unpaired) electrons. The summed E-state index contributed by atoms with van der Waals surface area (Å²) >= 11 is 0. The van der Waals surface area contributed by atoms with Crippen molar-refractivity contribution in [1.82, 2.24) is 10.6 Å². The highest BCUT2D eigenvalue weighted by molar-refractivity contribution is 7.84. The second-order valence-corrected chi connectivity index (χ2v) is 4.13. The van der Waals surface area contributed by atoms with Crippen molar-refractivity contribution in [1.29, 1.82) is 0 Å². The third-order valence-electron chi connectivity index (χ3n) is 1.52. The summed E-state index contributed by atoms with van der Waals surface area (Å²) in [5.41, 5.74) is 0. The van der Waals surface area contributed by atoms with Gasteiger partial charge in [-0.2, -0.15) is 0 Å². The van der Waals surface area contributed by atoms with Gasteiger partial charge in [0.15, 0.2) is 0 Å². The lowest BCUT2D eigenvalue weighted by molar-refractivity contribution is -0.122. The number of nitrogens with one attached hydrogen (secondary N) is 2. The van der Waals surface area contributed by atoms with Crippen LogP contribution in [-0.4, -0.2) is 41.8 Å². The third-order valence-corrected chi connectivity index (χ3v) is 2.29. The maximum Gasteiger partial charge on any atom is 0.236 e. The molecule has 5 heteroatoms. The largest absolute Gasteiger partial charge is 0.354 e. The van der Waals surface area contributed by atoms with Gasteiger partial charge < -0.3 is 10.6 Å². The summed E-state index contributed by atoms with van der Waals surface area (Å²) in [5, 5.41) is 5.49. The van der Waals surface area contributed by atoms with Crippen LogP contribution in [0.15, 0.2) is 0 Å². The number of hydrogen-bond donors (Lipinski definition) is 2. The van der Waals surface area contributed by atoms with Gasteiger partial charge in [0.05, 0.1) is 6.04 Å². The number of likely N-dealkylation sites (N-methyl/N-ethyl adjacent to an activating group) is 1. The quantitative estimate of drug-likeness (QED) is 0.593. The number of hydrogen-bond acceptors (Lipinski definition) is 3. The van der Waals surface area contributed by atoms with Crippen LogP contribution in [0.4, 0.5) is 0 Å². The molecule has 0 aromatic rings. The van der Waals surface area contributed by atoms with E-state index in [2.05, 4.69) is 10.6 Å². The van der Waals surface area contributed by atoms with Gasteiger partial charge in [0.2, 0.25) is 5.91 Å². The average molecular weight is 192 g/mol. The van der Waals surface area contributed by atoms with Crippen molar-refractivity contribution < 1.29 is 9.00 Å². The molecular weight excluding hydrogens is 176 g/mol. The minimum atomic E-state index is -0.832. The van der Waals surface area contributed by atoms with Crippen LogP contribution in [0, 0.1) is 0 Å². The molecule has 2 unspecified atom stereocenters. The lowest BCUT2D eigenvalue weighted by Gasteiger charge is -2.09. The molecule has 2 N–H and O–H groups in total. The van der Waals surface area contributed by atoms with Crippen LogP contribution in [0.2, 0.25) is 0 Å². The molecule has 0 rings (SSSR count). The monoisotopic (exact) mass is 192 g/mol. The van der Waals surface area contributed by atoms with Crippen LogP contribution in [0.3, 0.4) is 0 Å². The number of carbonyl (C=O) groups is 1. The van der Waals surface area contributed by atoms with Gasteiger partial charge in [-0.1, -0.05) is 0 Å². The fourth-order valence-electron chi connectivity index (χ4n) is 0.602. The first kappa shape index (κ1) is 11.6. The topological polar surface area (TPSA) is 58.2 Å².